The van der Waals surface area contributed by atoms with Gasteiger partial charge in [0.05, 0.1) is 11.8 Å². The van der Waals surface area contributed by atoms with E-state index in [1.54, 1.807) is 40.1 Å². The summed E-state index contributed by atoms with van der Waals surface area (Å²) in [5.41, 5.74) is -1.48. The first-order valence-electron chi connectivity index (χ1n) is 9.36. The van der Waals surface area contributed by atoms with Crippen molar-refractivity contribution in [1.82, 2.24) is 19.5 Å². The molecule has 0 aliphatic rings. The van der Waals surface area contributed by atoms with Gasteiger partial charge in [0.1, 0.15) is 23.0 Å². The van der Waals surface area contributed by atoms with E-state index in [-0.39, 0.29) is 28.4 Å². The van der Waals surface area contributed by atoms with Crippen molar-refractivity contribution < 1.29 is 22.1 Å². The number of thiol groups is 1. The van der Waals surface area contributed by atoms with E-state index in [2.05, 4.69) is 15.0 Å². The van der Waals surface area contributed by atoms with Crippen LogP contribution in [0, 0.1) is 11.3 Å². The maximum Gasteiger partial charge on any atom is 0.417 e. The van der Waals surface area contributed by atoms with Crippen LogP contribution in [0.1, 0.15) is 26.3 Å². The molecule has 3 rings (SSSR count). The summed E-state index contributed by atoms with van der Waals surface area (Å²) in [6, 6.07) is 4.49. The lowest BCUT2D eigenvalue weighted by molar-refractivity contribution is -0.137. The molecule has 0 unspecified atom stereocenters. The maximum absolute atomic E-state index is 13.3. The minimum atomic E-state index is -4.55. The van der Waals surface area contributed by atoms with Crippen molar-refractivity contribution in [2.24, 2.45) is 7.05 Å². The fraction of sp³-hybridized carbons (Fsp3) is 0.400. The Morgan fingerprint density at radius 2 is 1.90 bits per heavy atom. The molecule has 3 heterocycles. The Morgan fingerprint density at radius 1 is 1.23 bits per heavy atom. The van der Waals surface area contributed by atoms with Crippen LogP contribution >= 0.6 is 0 Å². The van der Waals surface area contributed by atoms with Gasteiger partial charge in [0, 0.05) is 23.9 Å². The van der Waals surface area contributed by atoms with Crippen LogP contribution in [-0.2, 0) is 23.2 Å². The van der Waals surface area contributed by atoms with Crippen molar-refractivity contribution in [2.45, 2.75) is 37.4 Å². The summed E-state index contributed by atoms with van der Waals surface area (Å²) >= 11 is 0. The zero-order chi connectivity index (χ0) is 23.2. The lowest BCUT2D eigenvalue weighted by Crippen LogP contribution is -2.26. The molecule has 11 heteroatoms. The number of aryl methyl sites for hydroxylation is 1. The summed E-state index contributed by atoms with van der Waals surface area (Å²) in [4.78, 5) is 13.0. The van der Waals surface area contributed by atoms with Crippen molar-refractivity contribution >= 4 is 21.1 Å². The van der Waals surface area contributed by atoms with E-state index in [0.29, 0.717) is 10.6 Å². The normalized spacial score (nSPS) is 13.3. The molecule has 0 aromatic carbocycles. The number of imidazole rings is 1. The monoisotopic (exact) mass is 453 g/mol. The highest BCUT2D eigenvalue weighted by Crippen LogP contribution is 2.35. The number of nitriles is 1. The van der Waals surface area contributed by atoms with Crippen molar-refractivity contribution in [1.29, 1.82) is 5.26 Å². The van der Waals surface area contributed by atoms with Gasteiger partial charge in [-0.2, -0.15) is 18.4 Å². The molecular formula is C20H22F3N5O2S. The van der Waals surface area contributed by atoms with Crippen LogP contribution in [0.2, 0.25) is 0 Å². The molecule has 0 spiro atoms. The molecule has 0 atom stereocenters. The SMILES string of the molecule is CC[SH](C)(=O)c1cc(OC(C)(C)C#N)cnc1-c1nc2cc(C(F)(F)F)cnc2n1C. The molecule has 0 bridgehead atoms. The van der Waals surface area contributed by atoms with Crippen LogP contribution in [0.4, 0.5) is 13.2 Å². The minimum Gasteiger partial charge on any atom is -0.471 e. The first-order valence-corrected chi connectivity index (χ1v) is 11.7. The molecule has 0 aliphatic carbocycles. The second kappa shape index (κ2) is 7.60. The standard InChI is InChI=1S/C20H22F3N5O2S/c1-6-31(5,29)15-8-13(30-19(2,3)11-24)10-25-16(15)18-27-14-7-12(20(21,22)23)9-26-17(14)28(18)4/h7-10,31H,6H2,1-5H3. The van der Waals surface area contributed by atoms with Crippen molar-refractivity contribution in [3.8, 4) is 23.3 Å². The number of rotatable bonds is 5. The van der Waals surface area contributed by atoms with E-state index in [4.69, 9.17) is 4.74 Å². The zero-order valence-corrected chi connectivity index (χ0v) is 18.5. The molecule has 3 aromatic rings. The lowest BCUT2D eigenvalue weighted by atomic mass is 10.2. The van der Waals surface area contributed by atoms with Crippen LogP contribution in [0.3, 0.4) is 0 Å². The molecule has 0 fully saturated rings. The average molecular weight is 453 g/mol. The van der Waals surface area contributed by atoms with Gasteiger partial charge in [-0.15, -0.1) is 0 Å². The summed E-state index contributed by atoms with van der Waals surface area (Å²) in [7, 11) is -1.30. The average Bonchev–Trinajstić information content (AvgIpc) is 3.03. The number of hydrogen-bond donors (Lipinski definition) is 1. The van der Waals surface area contributed by atoms with Gasteiger partial charge in [-0.1, -0.05) is 16.9 Å². The second-order valence-corrected chi connectivity index (χ2v) is 11.1. The number of pyridine rings is 2. The summed E-state index contributed by atoms with van der Waals surface area (Å²) in [5.74, 6) is 0.822. The van der Waals surface area contributed by atoms with Gasteiger partial charge >= 0.3 is 6.18 Å². The first-order chi connectivity index (χ1) is 14.3. The van der Waals surface area contributed by atoms with Gasteiger partial charge < -0.3 is 9.30 Å². The third-order valence-electron chi connectivity index (χ3n) is 4.85. The van der Waals surface area contributed by atoms with Crippen LogP contribution < -0.4 is 4.74 Å². The summed E-state index contributed by atoms with van der Waals surface area (Å²) in [6.45, 7) is 4.94. The molecule has 0 aliphatic heterocycles. The van der Waals surface area contributed by atoms with Crippen molar-refractivity contribution in [3.63, 3.8) is 0 Å². The molecular weight excluding hydrogens is 431 g/mol. The molecule has 0 saturated heterocycles. The zero-order valence-electron chi connectivity index (χ0n) is 17.7. The maximum atomic E-state index is 13.3. The lowest BCUT2D eigenvalue weighted by Gasteiger charge is -2.23. The van der Waals surface area contributed by atoms with Crippen LogP contribution in [0.15, 0.2) is 29.4 Å². The number of hydrogen-bond acceptors (Lipinski definition) is 6. The van der Waals surface area contributed by atoms with Gasteiger partial charge in [0.15, 0.2) is 17.1 Å². The minimum absolute atomic E-state index is 0.0495. The van der Waals surface area contributed by atoms with Gasteiger partial charge in [0.2, 0.25) is 0 Å². The predicted molar refractivity (Wildman–Crippen MR) is 111 cm³/mol. The molecule has 0 N–H and O–H groups in total. The molecule has 0 saturated carbocycles. The first kappa shape index (κ1) is 22.7. The Hall–Kier alpha value is -3.00. The van der Waals surface area contributed by atoms with E-state index in [1.165, 1.54) is 10.8 Å². The number of nitrogens with zero attached hydrogens (tertiary/aromatic N) is 5. The van der Waals surface area contributed by atoms with Gasteiger partial charge in [-0.25, -0.2) is 15.0 Å². The van der Waals surface area contributed by atoms with E-state index >= 15 is 0 Å². The highest BCUT2D eigenvalue weighted by atomic mass is 32.2. The van der Waals surface area contributed by atoms with Crippen LogP contribution in [0.5, 0.6) is 5.75 Å². The summed E-state index contributed by atoms with van der Waals surface area (Å²) in [5, 5.41) is 9.21. The molecule has 0 radical (unpaired) electrons. The van der Waals surface area contributed by atoms with Crippen LogP contribution in [0.25, 0.3) is 22.7 Å². The summed E-state index contributed by atoms with van der Waals surface area (Å²) in [6.07, 6.45) is -0.827. The highest BCUT2D eigenvalue weighted by Gasteiger charge is 2.32. The molecule has 166 valence electrons. The number of fused-ring (bicyclic) bond motifs is 1. The Morgan fingerprint density at radius 3 is 2.48 bits per heavy atom. The molecule has 0 amide bonds. The topological polar surface area (TPSA) is 93.7 Å². The largest absolute Gasteiger partial charge is 0.471 e. The quantitative estimate of drug-likeness (QED) is 0.592. The second-order valence-electron chi connectivity index (χ2n) is 7.74. The fourth-order valence-electron chi connectivity index (χ4n) is 2.95. The third-order valence-corrected chi connectivity index (χ3v) is 7.41. The molecule has 3 aromatic heterocycles. The Kier molecular flexibility index (Phi) is 5.56. The summed E-state index contributed by atoms with van der Waals surface area (Å²) < 4.78 is 59.7. The number of alkyl halides is 3. The number of ether oxygens (including phenoxy) is 1. The van der Waals surface area contributed by atoms with Crippen molar-refractivity contribution in [3.05, 3.63) is 30.1 Å². The predicted octanol–water partition coefficient (Wildman–Crippen LogP) is 3.76. The van der Waals surface area contributed by atoms with Gasteiger partial charge in [-0.05, 0) is 32.2 Å². The van der Waals surface area contributed by atoms with E-state index in [9.17, 15) is 22.6 Å². The number of aromatic nitrogens is 4. The molecule has 7 nitrogen and oxygen atoms in total. The van der Waals surface area contributed by atoms with Crippen LogP contribution in [-0.4, -0.2) is 41.3 Å². The third kappa shape index (κ3) is 4.39. The Balaban J connectivity index is 2.22. The van der Waals surface area contributed by atoms with Gasteiger partial charge in [-0.3, -0.25) is 4.21 Å². The van der Waals surface area contributed by atoms with Crippen molar-refractivity contribution in [2.75, 3.05) is 12.0 Å². The van der Waals surface area contributed by atoms with E-state index in [1.807, 2.05) is 6.07 Å². The molecule has 31 heavy (non-hydrogen) atoms. The fourth-order valence-corrected chi connectivity index (χ4v) is 4.30. The van der Waals surface area contributed by atoms with E-state index in [0.717, 1.165) is 12.3 Å². The highest BCUT2D eigenvalue weighted by molar-refractivity contribution is 8.02. The van der Waals surface area contributed by atoms with Gasteiger partial charge in [0.25, 0.3) is 0 Å². The smallest absolute Gasteiger partial charge is 0.417 e. The Labute approximate surface area is 178 Å². The van der Waals surface area contributed by atoms with E-state index < -0.39 is 27.3 Å². The number of halogens is 3. The Bertz CT molecular complexity index is 1240.